The SMILES string of the molecule is CCNCc1ccc(SCc2nccn2C(F)F)cc1. The molecule has 2 rings (SSSR count). The molecule has 0 bridgehead atoms. The Balaban J connectivity index is 1.92. The molecule has 0 unspecified atom stereocenters. The van der Waals surface area contributed by atoms with Gasteiger partial charge in [0.25, 0.3) is 0 Å². The zero-order valence-electron chi connectivity index (χ0n) is 11.2. The summed E-state index contributed by atoms with van der Waals surface area (Å²) in [5.41, 5.74) is 1.21. The number of rotatable bonds is 7. The van der Waals surface area contributed by atoms with Crippen molar-refractivity contribution in [2.24, 2.45) is 0 Å². The molecule has 1 aromatic heterocycles. The fourth-order valence-corrected chi connectivity index (χ4v) is 2.60. The van der Waals surface area contributed by atoms with Crippen LogP contribution in [0.25, 0.3) is 0 Å². The Morgan fingerprint density at radius 2 is 2.05 bits per heavy atom. The monoisotopic (exact) mass is 297 g/mol. The third-order valence-electron chi connectivity index (χ3n) is 2.83. The van der Waals surface area contributed by atoms with Crippen molar-refractivity contribution >= 4 is 11.8 Å². The summed E-state index contributed by atoms with van der Waals surface area (Å²) in [6.07, 6.45) is 2.71. The molecule has 6 heteroatoms. The number of aromatic nitrogens is 2. The first-order chi connectivity index (χ1) is 9.70. The molecule has 0 amide bonds. The van der Waals surface area contributed by atoms with Gasteiger partial charge in [0.2, 0.25) is 0 Å². The van der Waals surface area contributed by atoms with Crippen LogP contribution >= 0.6 is 11.8 Å². The number of nitrogens with zero attached hydrogens (tertiary/aromatic N) is 2. The summed E-state index contributed by atoms with van der Waals surface area (Å²) < 4.78 is 26.2. The van der Waals surface area contributed by atoms with Crippen molar-refractivity contribution in [3.63, 3.8) is 0 Å². The van der Waals surface area contributed by atoms with Crippen LogP contribution in [-0.4, -0.2) is 16.1 Å². The third kappa shape index (κ3) is 4.05. The molecule has 1 N–H and O–H groups in total. The Morgan fingerprint density at radius 3 is 2.70 bits per heavy atom. The van der Waals surface area contributed by atoms with Crippen molar-refractivity contribution in [2.75, 3.05) is 6.54 Å². The van der Waals surface area contributed by atoms with E-state index in [2.05, 4.69) is 17.2 Å². The lowest BCUT2D eigenvalue weighted by atomic mass is 10.2. The Hall–Kier alpha value is -1.40. The number of nitrogens with one attached hydrogen (secondary N) is 1. The predicted octanol–water partition coefficient (Wildman–Crippen LogP) is 3.68. The molecule has 0 saturated heterocycles. The zero-order chi connectivity index (χ0) is 14.4. The summed E-state index contributed by atoms with van der Waals surface area (Å²) in [5.74, 6) is 0.825. The smallest absolute Gasteiger partial charge is 0.313 e. The van der Waals surface area contributed by atoms with E-state index in [-0.39, 0.29) is 0 Å². The first-order valence-electron chi connectivity index (χ1n) is 6.43. The van der Waals surface area contributed by atoms with Crippen LogP contribution in [0.1, 0.15) is 24.9 Å². The minimum absolute atomic E-state index is 0.390. The van der Waals surface area contributed by atoms with E-state index in [4.69, 9.17) is 0 Å². The molecule has 0 aliphatic heterocycles. The van der Waals surface area contributed by atoms with Crippen LogP contribution in [0, 0.1) is 0 Å². The number of thioether (sulfide) groups is 1. The van der Waals surface area contributed by atoms with Crippen molar-refractivity contribution in [3.8, 4) is 0 Å². The second-order valence-corrected chi connectivity index (χ2v) is 5.29. The van der Waals surface area contributed by atoms with Gasteiger partial charge in [-0.3, -0.25) is 4.57 Å². The summed E-state index contributed by atoms with van der Waals surface area (Å²) in [6.45, 7) is 1.31. The van der Waals surface area contributed by atoms with Gasteiger partial charge in [-0.1, -0.05) is 19.1 Å². The first-order valence-corrected chi connectivity index (χ1v) is 7.41. The molecule has 0 aliphatic rings. The molecule has 0 radical (unpaired) electrons. The largest absolute Gasteiger partial charge is 0.319 e. The Bertz CT molecular complexity index is 525. The van der Waals surface area contributed by atoms with Crippen molar-refractivity contribution in [3.05, 3.63) is 48.0 Å². The molecule has 0 fully saturated rings. The van der Waals surface area contributed by atoms with Crippen molar-refractivity contribution < 1.29 is 8.78 Å². The van der Waals surface area contributed by atoms with Gasteiger partial charge >= 0.3 is 6.55 Å². The quantitative estimate of drug-likeness (QED) is 0.791. The highest BCUT2D eigenvalue weighted by Crippen LogP contribution is 2.24. The van der Waals surface area contributed by atoms with Gasteiger partial charge in [-0.2, -0.15) is 8.78 Å². The molecular weight excluding hydrogens is 280 g/mol. The van der Waals surface area contributed by atoms with Crippen molar-refractivity contribution in [1.29, 1.82) is 0 Å². The molecule has 1 heterocycles. The highest BCUT2D eigenvalue weighted by Gasteiger charge is 2.11. The second kappa shape index (κ2) is 7.40. The molecule has 1 aromatic carbocycles. The van der Waals surface area contributed by atoms with Crippen LogP contribution < -0.4 is 5.32 Å². The van der Waals surface area contributed by atoms with Gasteiger partial charge in [-0.15, -0.1) is 11.8 Å². The number of halogens is 2. The molecule has 0 saturated carbocycles. The van der Waals surface area contributed by atoms with Crippen LogP contribution in [0.4, 0.5) is 8.78 Å². The fraction of sp³-hybridized carbons (Fsp3) is 0.357. The third-order valence-corrected chi connectivity index (χ3v) is 3.84. The Morgan fingerprint density at radius 1 is 1.30 bits per heavy atom. The fourth-order valence-electron chi connectivity index (χ4n) is 1.75. The molecule has 2 aromatic rings. The van der Waals surface area contributed by atoms with Crippen LogP contribution in [0.3, 0.4) is 0 Å². The van der Waals surface area contributed by atoms with Crippen LogP contribution in [0.5, 0.6) is 0 Å². The standard InChI is InChI=1S/C14H17F2N3S/c1-2-17-9-11-3-5-12(6-4-11)20-10-13-18-7-8-19(13)14(15)16/h3-8,14,17H,2,9-10H2,1H3. The Labute approximate surface area is 121 Å². The van der Waals surface area contributed by atoms with Gasteiger partial charge in [0.1, 0.15) is 5.82 Å². The zero-order valence-corrected chi connectivity index (χ0v) is 12.0. The molecule has 0 spiro atoms. The van der Waals surface area contributed by atoms with Crippen molar-refractivity contribution in [1.82, 2.24) is 14.9 Å². The Kier molecular flexibility index (Phi) is 5.55. The van der Waals surface area contributed by atoms with Crippen LogP contribution in [-0.2, 0) is 12.3 Å². The molecule has 108 valence electrons. The average Bonchev–Trinajstić information content (AvgIpc) is 2.92. The van der Waals surface area contributed by atoms with E-state index in [0.29, 0.717) is 11.6 Å². The summed E-state index contributed by atoms with van der Waals surface area (Å²) in [6, 6.07) is 8.11. The summed E-state index contributed by atoms with van der Waals surface area (Å²) in [4.78, 5) is 5.01. The number of hydrogen-bond acceptors (Lipinski definition) is 3. The van der Waals surface area contributed by atoms with E-state index in [1.54, 1.807) is 0 Å². The number of imidazole rings is 1. The minimum atomic E-state index is -2.53. The lowest BCUT2D eigenvalue weighted by molar-refractivity contribution is 0.0678. The van der Waals surface area contributed by atoms with Gasteiger partial charge in [0.15, 0.2) is 0 Å². The minimum Gasteiger partial charge on any atom is -0.313 e. The van der Waals surface area contributed by atoms with Gasteiger partial charge in [0.05, 0.1) is 5.75 Å². The lowest BCUT2D eigenvalue weighted by Crippen LogP contribution is -2.11. The summed E-state index contributed by atoms with van der Waals surface area (Å²) in [7, 11) is 0. The van der Waals surface area contributed by atoms with Gasteiger partial charge in [-0.25, -0.2) is 4.98 Å². The van der Waals surface area contributed by atoms with Gasteiger partial charge in [-0.05, 0) is 24.2 Å². The lowest BCUT2D eigenvalue weighted by Gasteiger charge is -2.07. The molecule has 0 atom stereocenters. The van der Waals surface area contributed by atoms with E-state index in [9.17, 15) is 8.78 Å². The molecular formula is C14H17F2N3S. The number of hydrogen-bond donors (Lipinski definition) is 1. The van der Waals surface area contributed by atoms with Crippen molar-refractivity contribution in [2.45, 2.75) is 30.7 Å². The van der Waals surface area contributed by atoms with E-state index in [1.165, 1.54) is 29.7 Å². The highest BCUT2D eigenvalue weighted by atomic mass is 32.2. The van der Waals surface area contributed by atoms with Crippen LogP contribution in [0.2, 0.25) is 0 Å². The maximum absolute atomic E-state index is 12.7. The van der Waals surface area contributed by atoms with E-state index >= 15 is 0 Å². The van der Waals surface area contributed by atoms with Gasteiger partial charge < -0.3 is 5.32 Å². The predicted molar refractivity (Wildman–Crippen MR) is 76.9 cm³/mol. The number of benzene rings is 1. The van der Waals surface area contributed by atoms with Gasteiger partial charge in [0, 0.05) is 23.8 Å². The normalized spacial score (nSPS) is 11.2. The van der Waals surface area contributed by atoms with Crippen LogP contribution in [0.15, 0.2) is 41.6 Å². The number of alkyl halides is 2. The molecule has 20 heavy (non-hydrogen) atoms. The van der Waals surface area contributed by atoms with E-state index < -0.39 is 6.55 Å². The summed E-state index contributed by atoms with van der Waals surface area (Å²) in [5, 5.41) is 3.25. The van der Waals surface area contributed by atoms with E-state index in [0.717, 1.165) is 22.6 Å². The maximum Gasteiger partial charge on any atom is 0.319 e. The topological polar surface area (TPSA) is 29.9 Å². The first kappa shape index (κ1) is 15.0. The molecule has 3 nitrogen and oxygen atoms in total. The molecule has 0 aliphatic carbocycles. The summed E-state index contributed by atoms with van der Waals surface area (Å²) >= 11 is 1.51. The maximum atomic E-state index is 12.7. The second-order valence-electron chi connectivity index (χ2n) is 4.24. The highest BCUT2D eigenvalue weighted by molar-refractivity contribution is 7.98. The average molecular weight is 297 g/mol. The van der Waals surface area contributed by atoms with E-state index in [1.807, 2.05) is 24.3 Å².